The highest BCUT2D eigenvalue weighted by atomic mass is 35.5. The number of halogens is 3. The Morgan fingerprint density at radius 1 is 1.11 bits per heavy atom. The number of rotatable bonds is 2. The highest BCUT2D eigenvalue weighted by Crippen LogP contribution is 2.37. The van der Waals surface area contributed by atoms with Crippen molar-refractivity contribution in [3.8, 4) is 0 Å². The third-order valence-electron chi connectivity index (χ3n) is 4.32. The lowest BCUT2D eigenvalue weighted by Crippen LogP contribution is -2.30. The van der Waals surface area contributed by atoms with Gasteiger partial charge in [0.15, 0.2) is 0 Å². The van der Waals surface area contributed by atoms with Crippen LogP contribution in [0.5, 0.6) is 0 Å². The van der Waals surface area contributed by atoms with Gasteiger partial charge in [0.05, 0.1) is 0 Å². The summed E-state index contributed by atoms with van der Waals surface area (Å²) in [5, 5.41) is 0. The van der Waals surface area contributed by atoms with Crippen molar-refractivity contribution in [2.24, 2.45) is 17.6 Å². The fourth-order valence-corrected chi connectivity index (χ4v) is 3.49. The van der Waals surface area contributed by atoms with Crippen LogP contribution in [0.15, 0.2) is 18.2 Å². The summed E-state index contributed by atoms with van der Waals surface area (Å²) < 4.78 is 26.2. The van der Waals surface area contributed by atoms with Gasteiger partial charge in [-0.2, -0.15) is 0 Å². The Hall–Kier alpha value is -0.710. The quantitative estimate of drug-likeness (QED) is 0.906. The smallest absolute Gasteiger partial charge is 0.126 e. The van der Waals surface area contributed by atoms with Crippen LogP contribution in [0.2, 0.25) is 0 Å². The number of nitrogens with zero attached hydrogens (tertiary/aromatic N) is 1. The zero-order chi connectivity index (χ0) is 12.7. The van der Waals surface area contributed by atoms with Crippen LogP contribution < -0.4 is 5.73 Å². The summed E-state index contributed by atoms with van der Waals surface area (Å²) in [7, 11) is 0. The average molecular weight is 289 g/mol. The Balaban J connectivity index is 0.00000133. The lowest BCUT2D eigenvalue weighted by atomic mass is 9.98. The molecular weight excluding hydrogens is 270 g/mol. The number of hydrogen-bond acceptors (Lipinski definition) is 2. The van der Waals surface area contributed by atoms with Crippen molar-refractivity contribution >= 4 is 12.4 Å². The van der Waals surface area contributed by atoms with E-state index in [4.69, 9.17) is 5.73 Å². The summed E-state index contributed by atoms with van der Waals surface area (Å²) in [6.45, 7) is 2.59. The molecule has 106 valence electrons. The molecule has 0 aromatic heterocycles. The first-order valence-electron chi connectivity index (χ1n) is 6.55. The molecule has 0 bridgehead atoms. The molecule has 0 radical (unpaired) electrons. The van der Waals surface area contributed by atoms with E-state index in [9.17, 15) is 8.78 Å². The normalized spacial score (nSPS) is 30.2. The molecule has 1 aromatic rings. The molecular formula is C14H19ClF2N2. The molecule has 19 heavy (non-hydrogen) atoms. The van der Waals surface area contributed by atoms with E-state index in [1.165, 1.54) is 18.6 Å². The minimum absolute atomic E-state index is 0. The maximum Gasteiger partial charge on any atom is 0.126 e. The maximum atomic E-state index is 13.1. The number of benzene rings is 1. The molecule has 1 aliphatic carbocycles. The van der Waals surface area contributed by atoms with Crippen molar-refractivity contribution in [3.63, 3.8) is 0 Å². The summed E-state index contributed by atoms with van der Waals surface area (Å²) in [5.74, 6) is 0.254. The predicted octanol–water partition coefficient (Wildman–Crippen LogP) is 2.56. The Morgan fingerprint density at radius 2 is 1.79 bits per heavy atom. The van der Waals surface area contributed by atoms with E-state index >= 15 is 0 Å². The number of hydrogen-bond donors (Lipinski definition) is 1. The molecule has 1 saturated heterocycles. The van der Waals surface area contributed by atoms with E-state index in [1.807, 2.05) is 0 Å². The van der Waals surface area contributed by atoms with Crippen LogP contribution in [0.25, 0.3) is 0 Å². The van der Waals surface area contributed by atoms with E-state index in [1.54, 1.807) is 0 Å². The van der Waals surface area contributed by atoms with E-state index in [0.717, 1.165) is 25.6 Å². The largest absolute Gasteiger partial charge is 0.327 e. The Bertz CT molecular complexity index is 435. The second kappa shape index (κ2) is 5.73. The van der Waals surface area contributed by atoms with Gasteiger partial charge in [0, 0.05) is 31.7 Å². The zero-order valence-electron chi connectivity index (χ0n) is 10.7. The summed E-state index contributed by atoms with van der Waals surface area (Å²) in [5.41, 5.74) is 6.79. The third kappa shape index (κ3) is 3.07. The zero-order valence-corrected chi connectivity index (χ0v) is 11.5. The van der Waals surface area contributed by atoms with Gasteiger partial charge in [-0.1, -0.05) is 0 Å². The predicted molar refractivity (Wildman–Crippen MR) is 73.1 cm³/mol. The molecule has 5 heteroatoms. The fourth-order valence-electron chi connectivity index (χ4n) is 3.49. The average Bonchev–Trinajstić information content (AvgIpc) is 2.80. The van der Waals surface area contributed by atoms with Crippen molar-refractivity contribution in [2.75, 3.05) is 13.1 Å². The Kier molecular flexibility index (Phi) is 4.43. The molecule has 2 aliphatic rings. The standard InChI is InChI=1S/C14H18F2N2.ClH/c15-11-3-9(4-12(16)5-11)6-18-7-10-1-2-14(17)13(10)8-18;/h3-5,10,13-14H,1-2,6-8,17H2;1H. The SMILES string of the molecule is Cl.NC1CCC2CN(Cc3cc(F)cc(F)c3)CC12. The molecule has 1 heterocycles. The van der Waals surface area contributed by atoms with Crippen LogP contribution in [0.1, 0.15) is 18.4 Å². The molecule has 1 aliphatic heterocycles. The molecule has 2 N–H and O–H groups in total. The van der Waals surface area contributed by atoms with Gasteiger partial charge in [-0.05, 0) is 42.4 Å². The van der Waals surface area contributed by atoms with Gasteiger partial charge in [-0.15, -0.1) is 12.4 Å². The van der Waals surface area contributed by atoms with Crippen LogP contribution >= 0.6 is 12.4 Å². The lowest BCUT2D eigenvalue weighted by molar-refractivity contribution is 0.297. The number of nitrogens with two attached hydrogens (primary N) is 1. The number of fused-ring (bicyclic) bond motifs is 1. The first kappa shape index (κ1) is 14.7. The maximum absolute atomic E-state index is 13.1. The van der Waals surface area contributed by atoms with Crippen molar-refractivity contribution < 1.29 is 8.78 Å². The number of likely N-dealkylation sites (tertiary alicyclic amines) is 1. The van der Waals surface area contributed by atoms with E-state index in [0.29, 0.717) is 30.0 Å². The summed E-state index contributed by atoms with van der Waals surface area (Å²) in [6.07, 6.45) is 2.32. The summed E-state index contributed by atoms with van der Waals surface area (Å²) >= 11 is 0. The minimum atomic E-state index is -0.499. The molecule has 3 rings (SSSR count). The van der Waals surface area contributed by atoms with Gasteiger partial charge in [-0.3, -0.25) is 4.90 Å². The molecule has 1 aromatic carbocycles. The lowest BCUT2D eigenvalue weighted by Gasteiger charge is -2.18. The van der Waals surface area contributed by atoms with Crippen LogP contribution in [-0.4, -0.2) is 24.0 Å². The third-order valence-corrected chi connectivity index (χ3v) is 4.32. The molecule has 1 saturated carbocycles. The highest BCUT2D eigenvalue weighted by molar-refractivity contribution is 5.85. The van der Waals surface area contributed by atoms with Gasteiger partial charge >= 0.3 is 0 Å². The summed E-state index contributed by atoms with van der Waals surface area (Å²) in [4.78, 5) is 2.27. The van der Waals surface area contributed by atoms with Crippen LogP contribution in [-0.2, 0) is 6.54 Å². The second-order valence-corrected chi connectivity index (χ2v) is 5.64. The van der Waals surface area contributed by atoms with Gasteiger partial charge < -0.3 is 5.73 Å². The Morgan fingerprint density at radius 3 is 2.42 bits per heavy atom. The minimum Gasteiger partial charge on any atom is -0.327 e. The molecule has 0 amide bonds. The Labute approximate surface area is 118 Å². The van der Waals surface area contributed by atoms with Crippen LogP contribution in [0, 0.1) is 23.5 Å². The monoisotopic (exact) mass is 288 g/mol. The van der Waals surface area contributed by atoms with Crippen LogP contribution in [0.3, 0.4) is 0 Å². The first-order valence-corrected chi connectivity index (χ1v) is 6.55. The summed E-state index contributed by atoms with van der Waals surface area (Å²) in [6, 6.07) is 4.05. The van der Waals surface area contributed by atoms with Crippen molar-refractivity contribution in [2.45, 2.75) is 25.4 Å². The first-order chi connectivity index (χ1) is 8.61. The van der Waals surface area contributed by atoms with E-state index in [2.05, 4.69) is 4.90 Å². The van der Waals surface area contributed by atoms with E-state index in [-0.39, 0.29) is 12.4 Å². The van der Waals surface area contributed by atoms with Crippen molar-refractivity contribution in [3.05, 3.63) is 35.4 Å². The van der Waals surface area contributed by atoms with E-state index < -0.39 is 11.6 Å². The second-order valence-electron chi connectivity index (χ2n) is 5.64. The van der Waals surface area contributed by atoms with Gasteiger partial charge in [0.2, 0.25) is 0 Å². The van der Waals surface area contributed by atoms with Crippen molar-refractivity contribution in [1.29, 1.82) is 0 Å². The van der Waals surface area contributed by atoms with Crippen LogP contribution in [0.4, 0.5) is 8.78 Å². The van der Waals surface area contributed by atoms with Gasteiger partial charge in [0.25, 0.3) is 0 Å². The molecule has 3 unspecified atom stereocenters. The highest BCUT2D eigenvalue weighted by Gasteiger charge is 2.40. The molecule has 0 spiro atoms. The molecule has 3 atom stereocenters. The topological polar surface area (TPSA) is 29.3 Å². The molecule has 2 fully saturated rings. The van der Waals surface area contributed by atoms with Gasteiger partial charge in [0.1, 0.15) is 11.6 Å². The van der Waals surface area contributed by atoms with Crippen molar-refractivity contribution in [1.82, 2.24) is 4.90 Å². The molecule has 2 nitrogen and oxygen atoms in total. The fraction of sp³-hybridized carbons (Fsp3) is 0.571. The van der Waals surface area contributed by atoms with Gasteiger partial charge in [-0.25, -0.2) is 8.78 Å².